The smallest absolute Gasteiger partial charge is 0.00128 e. The first-order chi connectivity index (χ1) is 3.68. The fourth-order valence-corrected chi connectivity index (χ4v) is 0. The van der Waals surface area contributed by atoms with E-state index in [1.165, 1.54) is 0 Å². The van der Waals surface area contributed by atoms with E-state index in [2.05, 4.69) is 12.0 Å². The molecule has 0 aliphatic carbocycles. The van der Waals surface area contributed by atoms with Crippen LogP contribution in [0.2, 0.25) is 0 Å². The van der Waals surface area contributed by atoms with E-state index in [4.69, 9.17) is 0 Å². The fourth-order valence-electron chi connectivity index (χ4n) is 0. The van der Waals surface area contributed by atoms with Gasteiger partial charge in [0.1, 0.15) is 0 Å². The molecule has 0 radical (unpaired) electrons. The van der Waals surface area contributed by atoms with Gasteiger partial charge in [-0.25, -0.2) is 0 Å². The minimum atomic E-state index is 1.75. The molecule has 0 unspecified atom stereocenters. The van der Waals surface area contributed by atoms with Crippen molar-refractivity contribution in [3.63, 3.8) is 0 Å². The molecular formula is C6H16N2. The summed E-state index contributed by atoms with van der Waals surface area (Å²) in [5, 5.41) is 1.88. The van der Waals surface area contributed by atoms with Crippen molar-refractivity contribution < 1.29 is 0 Å². The van der Waals surface area contributed by atoms with Crippen LogP contribution in [0.15, 0.2) is 12.7 Å². The third-order valence-electron chi connectivity index (χ3n) is 0.447. The Morgan fingerprint density at radius 1 is 1.50 bits per heavy atom. The monoisotopic (exact) mass is 116 g/mol. The van der Waals surface area contributed by atoms with Crippen LogP contribution in [0.5, 0.6) is 0 Å². The maximum atomic E-state index is 3.36. The molecule has 0 amide bonds. The molecule has 0 aliphatic rings. The number of nitrogens with one attached hydrogen (secondary N) is 1. The van der Waals surface area contributed by atoms with Crippen LogP contribution in [0, 0.1) is 0 Å². The summed E-state index contributed by atoms with van der Waals surface area (Å²) in [6.07, 6.45) is 1.75. The van der Waals surface area contributed by atoms with E-state index in [9.17, 15) is 0 Å². The van der Waals surface area contributed by atoms with Crippen LogP contribution in [-0.2, 0) is 0 Å². The number of hydrogen-bond acceptors (Lipinski definition) is 2. The van der Waals surface area contributed by atoms with Crippen LogP contribution in [0.1, 0.15) is 6.92 Å². The zero-order valence-corrected chi connectivity index (χ0v) is 6.23. The molecule has 8 heavy (non-hydrogen) atoms. The highest BCUT2D eigenvalue weighted by Gasteiger charge is 1.68. The van der Waals surface area contributed by atoms with Crippen LogP contribution < -0.4 is 5.43 Å². The van der Waals surface area contributed by atoms with E-state index < -0.39 is 0 Å². The Balaban J connectivity index is 0. The summed E-state index contributed by atoms with van der Waals surface area (Å²) in [4.78, 5) is 0. The van der Waals surface area contributed by atoms with Crippen LogP contribution in [0.25, 0.3) is 0 Å². The zero-order chi connectivity index (χ0) is 6.99. The summed E-state index contributed by atoms with van der Waals surface area (Å²) < 4.78 is 0. The molecule has 0 atom stereocenters. The molecule has 0 aromatic rings. The average molecular weight is 116 g/mol. The number of rotatable bonds is 1. The number of hydrazine groups is 1. The second-order valence-corrected chi connectivity index (χ2v) is 1.53. The number of allylic oxidation sites excluding steroid dienone is 1. The Hall–Kier alpha value is -0.340. The molecule has 0 aromatic heterocycles. The highest BCUT2D eigenvalue weighted by Crippen LogP contribution is 1.49. The minimum Gasteiger partial charge on any atom is -0.259 e. The molecule has 0 saturated heterocycles. The normalized spacial score (nSPS) is 7.62. The fraction of sp³-hybridized carbons (Fsp3) is 0.667. The molecule has 1 N–H and O–H groups in total. The Morgan fingerprint density at radius 2 is 1.62 bits per heavy atom. The van der Waals surface area contributed by atoms with E-state index in [1.807, 2.05) is 33.1 Å². The molecule has 0 bridgehead atoms. The van der Waals surface area contributed by atoms with Gasteiger partial charge in [-0.3, -0.25) is 10.4 Å². The number of nitrogens with zero attached hydrogens (tertiary/aromatic N) is 1. The van der Waals surface area contributed by atoms with Gasteiger partial charge in [0.25, 0.3) is 0 Å². The molecule has 2 nitrogen and oxygen atoms in total. The van der Waals surface area contributed by atoms with Crippen LogP contribution >= 0.6 is 0 Å². The van der Waals surface area contributed by atoms with Crippen molar-refractivity contribution in [2.75, 3.05) is 21.1 Å². The highest BCUT2D eigenvalue weighted by molar-refractivity contribution is 4.51. The van der Waals surface area contributed by atoms with E-state index in [0.717, 1.165) is 0 Å². The lowest BCUT2D eigenvalue weighted by molar-refractivity contribution is 0.323. The first kappa shape index (κ1) is 10.6. The molecule has 0 rings (SSSR count). The van der Waals surface area contributed by atoms with Crippen LogP contribution in [0.4, 0.5) is 0 Å². The molecule has 0 spiro atoms. The van der Waals surface area contributed by atoms with E-state index in [0.29, 0.717) is 0 Å². The maximum Gasteiger partial charge on any atom is 0.00128 e. The largest absolute Gasteiger partial charge is 0.259 e. The second kappa shape index (κ2) is 9.83. The summed E-state index contributed by atoms with van der Waals surface area (Å²) in [5.74, 6) is 0. The Bertz CT molecular complexity index is 41.8. The van der Waals surface area contributed by atoms with Crippen molar-refractivity contribution in [3.8, 4) is 0 Å². The summed E-state index contributed by atoms with van der Waals surface area (Å²) in [7, 11) is 5.76. The van der Waals surface area contributed by atoms with Gasteiger partial charge < -0.3 is 0 Å². The summed E-state index contributed by atoms with van der Waals surface area (Å²) >= 11 is 0. The van der Waals surface area contributed by atoms with Crippen LogP contribution in [-0.4, -0.2) is 26.2 Å². The van der Waals surface area contributed by atoms with Crippen molar-refractivity contribution in [2.24, 2.45) is 0 Å². The highest BCUT2D eigenvalue weighted by atomic mass is 15.5. The molecule has 0 aromatic carbocycles. The van der Waals surface area contributed by atoms with Gasteiger partial charge in [-0.15, -0.1) is 6.58 Å². The Morgan fingerprint density at radius 3 is 1.62 bits per heavy atom. The van der Waals surface area contributed by atoms with Gasteiger partial charge >= 0.3 is 0 Å². The molecular weight excluding hydrogens is 100 g/mol. The summed E-state index contributed by atoms with van der Waals surface area (Å²) in [5.41, 5.74) is 2.86. The van der Waals surface area contributed by atoms with Crippen molar-refractivity contribution >= 4 is 0 Å². The Kier molecular flexibility index (Phi) is 13.0. The van der Waals surface area contributed by atoms with Crippen molar-refractivity contribution in [2.45, 2.75) is 6.92 Å². The second-order valence-electron chi connectivity index (χ2n) is 1.53. The van der Waals surface area contributed by atoms with E-state index in [1.54, 1.807) is 6.08 Å². The maximum absolute atomic E-state index is 3.36. The van der Waals surface area contributed by atoms with Gasteiger partial charge in [0, 0.05) is 14.1 Å². The third kappa shape index (κ3) is 44.6. The van der Waals surface area contributed by atoms with E-state index >= 15 is 0 Å². The quantitative estimate of drug-likeness (QED) is 0.404. The van der Waals surface area contributed by atoms with Gasteiger partial charge in [-0.2, -0.15) is 0 Å². The summed E-state index contributed by atoms with van der Waals surface area (Å²) in [6.45, 7) is 5.25. The molecule has 0 heterocycles. The Labute approximate surface area is 52.2 Å². The molecule has 2 heteroatoms. The summed E-state index contributed by atoms with van der Waals surface area (Å²) in [6, 6.07) is 0. The van der Waals surface area contributed by atoms with Gasteiger partial charge in [0.2, 0.25) is 0 Å². The SMILES string of the molecule is C=CC.CNN(C)C. The van der Waals surface area contributed by atoms with Gasteiger partial charge in [-0.05, 0) is 14.0 Å². The average Bonchev–Trinajstić information content (AvgIpc) is 1.69. The van der Waals surface area contributed by atoms with Crippen molar-refractivity contribution in [3.05, 3.63) is 12.7 Å². The van der Waals surface area contributed by atoms with Gasteiger partial charge in [0.05, 0.1) is 0 Å². The minimum absolute atomic E-state index is 1.75. The van der Waals surface area contributed by atoms with Crippen LogP contribution in [0.3, 0.4) is 0 Å². The predicted octanol–water partition coefficient (Wildman–Crippen LogP) is 0.875. The third-order valence-corrected chi connectivity index (χ3v) is 0.447. The first-order valence-corrected chi connectivity index (χ1v) is 2.60. The van der Waals surface area contributed by atoms with Gasteiger partial charge in [0.15, 0.2) is 0 Å². The lowest BCUT2D eigenvalue weighted by atomic mass is 10.8. The molecule has 0 fully saturated rings. The van der Waals surface area contributed by atoms with Crippen molar-refractivity contribution in [1.29, 1.82) is 0 Å². The molecule has 50 valence electrons. The predicted molar refractivity (Wildman–Crippen MR) is 38.6 cm³/mol. The topological polar surface area (TPSA) is 15.3 Å². The molecule has 0 aliphatic heterocycles. The van der Waals surface area contributed by atoms with Gasteiger partial charge in [-0.1, -0.05) is 6.08 Å². The van der Waals surface area contributed by atoms with Crippen molar-refractivity contribution in [1.82, 2.24) is 10.4 Å². The van der Waals surface area contributed by atoms with E-state index in [-0.39, 0.29) is 0 Å². The zero-order valence-electron chi connectivity index (χ0n) is 6.23. The standard InChI is InChI=1S/C3H10N2.C3H6/c1-4-5(2)3;1-3-2/h4H,1-3H3;3H,1H2,2H3. The number of hydrogen-bond donors (Lipinski definition) is 1. The first-order valence-electron chi connectivity index (χ1n) is 2.60. The lowest BCUT2D eigenvalue weighted by Gasteiger charge is -2.02. The molecule has 0 saturated carbocycles. The lowest BCUT2D eigenvalue weighted by Crippen LogP contribution is -2.25.